The number of nitrogens with zero attached hydrogens (tertiary/aromatic N) is 2. The number of hydrogen-bond donors (Lipinski definition) is 0. The van der Waals surface area contributed by atoms with E-state index in [1.807, 2.05) is 6.07 Å². The Bertz CT molecular complexity index is 1100. The Morgan fingerprint density at radius 3 is 2.50 bits per heavy atom. The zero-order valence-corrected chi connectivity index (χ0v) is 15.8. The number of halogens is 3. The Kier molecular flexibility index (Phi) is 6.20. The van der Waals surface area contributed by atoms with Gasteiger partial charge in [0.15, 0.2) is 5.75 Å². The van der Waals surface area contributed by atoms with E-state index in [1.54, 1.807) is 31.2 Å². The van der Waals surface area contributed by atoms with Crippen LogP contribution < -0.4 is 10.2 Å². The van der Waals surface area contributed by atoms with E-state index in [9.17, 15) is 22.8 Å². The van der Waals surface area contributed by atoms with Gasteiger partial charge in [-0.05, 0) is 30.7 Å². The maximum absolute atomic E-state index is 13.1. The van der Waals surface area contributed by atoms with E-state index in [1.165, 1.54) is 12.1 Å². The number of benzene rings is 2. The predicted octanol–water partition coefficient (Wildman–Crippen LogP) is 4.01. The van der Waals surface area contributed by atoms with Crippen LogP contribution in [0.25, 0.3) is 5.69 Å². The highest BCUT2D eigenvalue weighted by molar-refractivity contribution is 5.87. The van der Waals surface area contributed by atoms with Gasteiger partial charge in [-0.25, -0.2) is 9.48 Å². The Morgan fingerprint density at radius 1 is 1.10 bits per heavy atom. The summed E-state index contributed by atoms with van der Waals surface area (Å²) in [6.45, 7) is 1.57. The Labute approximate surface area is 169 Å². The number of esters is 1. The molecule has 0 saturated heterocycles. The van der Waals surface area contributed by atoms with Gasteiger partial charge < -0.3 is 9.47 Å². The van der Waals surface area contributed by atoms with E-state index in [2.05, 4.69) is 5.10 Å². The smallest absolute Gasteiger partial charge is 0.416 e. The first kappa shape index (κ1) is 21.1. The molecule has 0 aliphatic carbocycles. The summed E-state index contributed by atoms with van der Waals surface area (Å²) in [6.07, 6.45) is -3.42. The molecule has 0 atom stereocenters. The molecule has 0 bridgehead atoms. The fourth-order valence-corrected chi connectivity index (χ4v) is 2.60. The highest BCUT2D eigenvalue weighted by atomic mass is 19.4. The van der Waals surface area contributed by atoms with Crippen LogP contribution in [-0.2, 0) is 17.5 Å². The first-order valence-corrected chi connectivity index (χ1v) is 8.95. The summed E-state index contributed by atoms with van der Waals surface area (Å²) in [4.78, 5) is 24.8. The van der Waals surface area contributed by atoms with Crippen LogP contribution in [-0.4, -0.2) is 22.4 Å². The molecule has 30 heavy (non-hydrogen) atoms. The van der Waals surface area contributed by atoms with Crippen molar-refractivity contribution in [2.45, 2.75) is 19.7 Å². The number of carbonyl (C=O) groups is 1. The lowest BCUT2D eigenvalue weighted by Crippen LogP contribution is -2.25. The molecule has 0 aliphatic rings. The number of hydrogen-bond acceptors (Lipinski definition) is 5. The Balaban J connectivity index is 2.05. The number of ether oxygens (including phenoxy) is 2. The highest BCUT2D eigenvalue weighted by Gasteiger charge is 2.30. The summed E-state index contributed by atoms with van der Waals surface area (Å²) >= 11 is 0. The quantitative estimate of drug-likeness (QED) is 0.566. The van der Waals surface area contributed by atoms with Crippen molar-refractivity contribution in [2.75, 3.05) is 6.61 Å². The van der Waals surface area contributed by atoms with Crippen molar-refractivity contribution in [3.05, 3.63) is 87.8 Å². The third-order valence-electron chi connectivity index (χ3n) is 4.03. The molecule has 156 valence electrons. The minimum Gasteiger partial charge on any atom is -0.483 e. The molecule has 3 rings (SSSR count). The molecule has 1 aromatic heterocycles. The van der Waals surface area contributed by atoms with Gasteiger partial charge in [0.05, 0.1) is 24.1 Å². The maximum Gasteiger partial charge on any atom is 0.416 e. The van der Waals surface area contributed by atoms with E-state index < -0.39 is 28.8 Å². The van der Waals surface area contributed by atoms with Gasteiger partial charge in [0.2, 0.25) is 5.69 Å². The maximum atomic E-state index is 13.1. The molecule has 0 spiro atoms. The van der Waals surface area contributed by atoms with Crippen molar-refractivity contribution in [1.29, 1.82) is 0 Å². The fraction of sp³-hybridized carbons (Fsp3) is 0.190. The van der Waals surface area contributed by atoms with Crippen LogP contribution in [0.5, 0.6) is 5.75 Å². The van der Waals surface area contributed by atoms with Crippen LogP contribution in [0.2, 0.25) is 0 Å². The van der Waals surface area contributed by atoms with Gasteiger partial charge in [0.1, 0.15) is 6.61 Å². The molecule has 0 unspecified atom stereocenters. The second kappa shape index (κ2) is 8.81. The molecule has 0 N–H and O–H groups in total. The van der Waals surface area contributed by atoms with Crippen LogP contribution in [0, 0.1) is 0 Å². The number of carbonyl (C=O) groups excluding carboxylic acids is 1. The Morgan fingerprint density at radius 2 is 1.83 bits per heavy atom. The van der Waals surface area contributed by atoms with Crippen molar-refractivity contribution >= 4 is 5.97 Å². The molecule has 9 heteroatoms. The van der Waals surface area contributed by atoms with Gasteiger partial charge in [-0.15, -0.1) is 0 Å². The van der Waals surface area contributed by atoms with Gasteiger partial charge in [0, 0.05) is 0 Å². The second-order valence-electron chi connectivity index (χ2n) is 6.16. The van der Waals surface area contributed by atoms with E-state index >= 15 is 0 Å². The minimum absolute atomic E-state index is 0.0000606. The molecule has 2 aromatic carbocycles. The van der Waals surface area contributed by atoms with E-state index in [4.69, 9.17) is 9.47 Å². The van der Waals surface area contributed by atoms with Crippen molar-refractivity contribution in [1.82, 2.24) is 9.78 Å². The van der Waals surface area contributed by atoms with Crippen LogP contribution in [0.3, 0.4) is 0 Å². The van der Waals surface area contributed by atoms with Crippen molar-refractivity contribution in [2.24, 2.45) is 0 Å². The summed E-state index contributed by atoms with van der Waals surface area (Å²) in [5.41, 5.74) is -1.53. The molecule has 1 heterocycles. The summed E-state index contributed by atoms with van der Waals surface area (Å²) in [7, 11) is 0. The van der Waals surface area contributed by atoms with Crippen molar-refractivity contribution in [3.8, 4) is 11.4 Å². The monoisotopic (exact) mass is 418 g/mol. The summed E-state index contributed by atoms with van der Waals surface area (Å²) in [5, 5.41) is 3.88. The highest BCUT2D eigenvalue weighted by Crippen LogP contribution is 2.30. The first-order valence-electron chi connectivity index (χ1n) is 8.95. The van der Waals surface area contributed by atoms with Crippen LogP contribution in [0.1, 0.15) is 28.5 Å². The lowest BCUT2D eigenvalue weighted by atomic mass is 10.2. The third kappa shape index (κ3) is 4.86. The molecule has 0 saturated carbocycles. The molecule has 0 aliphatic heterocycles. The standard InChI is InChI=1S/C21H17F3N2O4/c1-2-29-20(28)18-19(27)17(30-13-14-7-4-3-5-8-14)12-26(25-18)16-10-6-9-15(11-16)21(22,23)24/h3-12H,2,13H2,1H3. The lowest BCUT2D eigenvalue weighted by molar-refractivity contribution is -0.137. The van der Waals surface area contributed by atoms with Gasteiger partial charge in [-0.2, -0.15) is 18.3 Å². The number of rotatable bonds is 6. The van der Waals surface area contributed by atoms with Gasteiger partial charge in [-0.3, -0.25) is 4.79 Å². The zero-order valence-electron chi connectivity index (χ0n) is 15.8. The van der Waals surface area contributed by atoms with Crippen LogP contribution >= 0.6 is 0 Å². The fourth-order valence-electron chi connectivity index (χ4n) is 2.60. The summed E-state index contributed by atoms with van der Waals surface area (Å²) in [5.74, 6) is -1.23. The van der Waals surface area contributed by atoms with E-state index in [0.29, 0.717) is 0 Å². The van der Waals surface area contributed by atoms with E-state index in [-0.39, 0.29) is 24.7 Å². The number of alkyl halides is 3. The predicted molar refractivity (Wildman–Crippen MR) is 102 cm³/mol. The summed E-state index contributed by atoms with van der Waals surface area (Å²) in [6, 6.07) is 13.3. The minimum atomic E-state index is -4.56. The molecule has 0 fully saturated rings. The first-order chi connectivity index (χ1) is 14.3. The molecule has 0 radical (unpaired) electrons. The molecule has 6 nitrogen and oxygen atoms in total. The molecule has 3 aromatic rings. The lowest BCUT2D eigenvalue weighted by Gasteiger charge is -2.13. The zero-order chi connectivity index (χ0) is 21.7. The average molecular weight is 418 g/mol. The van der Waals surface area contributed by atoms with Crippen LogP contribution in [0.15, 0.2) is 65.6 Å². The van der Waals surface area contributed by atoms with Gasteiger partial charge >= 0.3 is 12.1 Å². The average Bonchev–Trinajstić information content (AvgIpc) is 2.73. The SMILES string of the molecule is CCOC(=O)c1nn(-c2cccc(C(F)(F)F)c2)cc(OCc2ccccc2)c1=O. The largest absolute Gasteiger partial charge is 0.483 e. The second-order valence-corrected chi connectivity index (χ2v) is 6.16. The molecular weight excluding hydrogens is 401 g/mol. The van der Waals surface area contributed by atoms with E-state index in [0.717, 1.165) is 28.6 Å². The third-order valence-corrected chi connectivity index (χ3v) is 4.03. The number of aromatic nitrogens is 2. The topological polar surface area (TPSA) is 70.4 Å². The van der Waals surface area contributed by atoms with Crippen LogP contribution in [0.4, 0.5) is 13.2 Å². The molecule has 0 amide bonds. The van der Waals surface area contributed by atoms with Gasteiger partial charge in [0.25, 0.3) is 5.43 Å². The normalized spacial score (nSPS) is 11.2. The van der Waals surface area contributed by atoms with Crippen molar-refractivity contribution in [3.63, 3.8) is 0 Å². The Hall–Kier alpha value is -3.62. The summed E-state index contributed by atoms with van der Waals surface area (Å²) < 4.78 is 50.6. The molecular formula is C21H17F3N2O4. The van der Waals surface area contributed by atoms with Crippen molar-refractivity contribution < 1.29 is 27.4 Å². The van der Waals surface area contributed by atoms with Gasteiger partial charge in [-0.1, -0.05) is 36.4 Å².